The standard InChI is InChI=1S/C15H23NO4/c1-3-16-14(15(18)19-4-2)9-10-20-13-7-5-12(11-17)6-8-13/h5-8,14,16-17H,3-4,9-11H2,1-2H3. The highest BCUT2D eigenvalue weighted by Crippen LogP contribution is 2.12. The largest absolute Gasteiger partial charge is 0.494 e. The second kappa shape index (κ2) is 9.34. The monoisotopic (exact) mass is 281 g/mol. The second-order valence-corrected chi connectivity index (χ2v) is 4.30. The third-order valence-corrected chi connectivity index (χ3v) is 2.80. The van der Waals surface area contributed by atoms with Gasteiger partial charge in [-0.1, -0.05) is 19.1 Å². The van der Waals surface area contributed by atoms with Crippen molar-refractivity contribution in [2.45, 2.75) is 32.9 Å². The summed E-state index contributed by atoms with van der Waals surface area (Å²) in [4.78, 5) is 11.7. The number of nitrogens with one attached hydrogen (secondary N) is 1. The van der Waals surface area contributed by atoms with Gasteiger partial charge < -0.3 is 19.9 Å². The van der Waals surface area contributed by atoms with Crippen LogP contribution in [0, 0.1) is 0 Å². The molecule has 0 aromatic heterocycles. The highest BCUT2D eigenvalue weighted by molar-refractivity contribution is 5.75. The minimum absolute atomic E-state index is 0.0195. The molecular formula is C15H23NO4. The Morgan fingerprint density at radius 2 is 2.00 bits per heavy atom. The van der Waals surface area contributed by atoms with Crippen LogP contribution in [0.1, 0.15) is 25.8 Å². The zero-order valence-electron chi connectivity index (χ0n) is 12.1. The van der Waals surface area contributed by atoms with Crippen LogP contribution in [-0.4, -0.2) is 36.9 Å². The molecule has 0 radical (unpaired) electrons. The molecule has 2 N–H and O–H groups in total. The van der Waals surface area contributed by atoms with E-state index in [1.54, 1.807) is 19.1 Å². The summed E-state index contributed by atoms with van der Waals surface area (Å²) >= 11 is 0. The van der Waals surface area contributed by atoms with Gasteiger partial charge in [0.2, 0.25) is 0 Å². The molecule has 112 valence electrons. The summed E-state index contributed by atoms with van der Waals surface area (Å²) in [5.41, 5.74) is 0.842. The summed E-state index contributed by atoms with van der Waals surface area (Å²) < 4.78 is 10.6. The third kappa shape index (κ3) is 5.59. The van der Waals surface area contributed by atoms with Gasteiger partial charge in [-0.05, 0) is 31.2 Å². The molecule has 0 heterocycles. The topological polar surface area (TPSA) is 67.8 Å². The smallest absolute Gasteiger partial charge is 0.323 e. The molecule has 1 rings (SSSR count). The Morgan fingerprint density at radius 1 is 1.30 bits per heavy atom. The van der Waals surface area contributed by atoms with E-state index in [2.05, 4.69) is 5.32 Å². The van der Waals surface area contributed by atoms with Crippen molar-refractivity contribution in [3.63, 3.8) is 0 Å². The Kier molecular flexibility index (Phi) is 7.69. The number of hydrogen-bond donors (Lipinski definition) is 2. The number of aliphatic hydroxyl groups is 1. The van der Waals surface area contributed by atoms with Gasteiger partial charge in [-0.3, -0.25) is 4.79 Å². The minimum atomic E-state index is -0.336. The van der Waals surface area contributed by atoms with E-state index < -0.39 is 0 Å². The average Bonchev–Trinajstić information content (AvgIpc) is 2.47. The van der Waals surface area contributed by atoms with E-state index in [0.29, 0.717) is 26.2 Å². The number of likely N-dealkylation sites (N-methyl/N-ethyl adjacent to an activating group) is 1. The molecule has 20 heavy (non-hydrogen) atoms. The molecule has 0 aliphatic carbocycles. The van der Waals surface area contributed by atoms with Gasteiger partial charge >= 0.3 is 5.97 Å². The first-order valence-corrected chi connectivity index (χ1v) is 6.93. The molecule has 0 aliphatic rings. The van der Waals surface area contributed by atoms with Crippen LogP contribution < -0.4 is 10.1 Å². The Hall–Kier alpha value is -1.59. The summed E-state index contributed by atoms with van der Waals surface area (Å²) in [5, 5.41) is 12.0. The van der Waals surface area contributed by atoms with Crippen LogP contribution in [0.5, 0.6) is 5.75 Å². The average molecular weight is 281 g/mol. The van der Waals surface area contributed by atoms with Crippen LogP contribution in [0.15, 0.2) is 24.3 Å². The lowest BCUT2D eigenvalue weighted by atomic mass is 10.2. The molecule has 5 nitrogen and oxygen atoms in total. The maximum absolute atomic E-state index is 11.7. The molecule has 5 heteroatoms. The number of ether oxygens (including phenoxy) is 2. The van der Waals surface area contributed by atoms with Crippen LogP contribution in [-0.2, 0) is 16.1 Å². The molecule has 0 fully saturated rings. The lowest BCUT2D eigenvalue weighted by molar-refractivity contribution is -0.146. The van der Waals surface area contributed by atoms with Crippen LogP contribution in [0.3, 0.4) is 0 Å². The second-order valence-electron chi connectivity index (χ2n) is 4.30. The fourth-order valence-electron chi connectivity index (χ4n) is 1.78. The first-order chi connectivity index (χ1) is 9.71. The van der Waals surface area contributed by atoms with E-state index in [4.69, 9.17) is 14.6 Å². The van der Waals surface area contributed by atoms with Gasteiger partial charge in [-0.15, -0.1) is 0 Å². The van der Waals surface area contributed by atoms with Crippen molar-refractivity contribution in [1.29, 1.82) is 0 Å². The van der Waals surface area contributed by atoms with Gasteiger partial charge in [0.15, 0.2) is 0 Å². The van der Waals surface area contributed by atoms with Crippen LogP contribution in [0.25, 0.3) is 0 Å². The zero-order valence-corrected chi connectivity index (χ0v) is 12.1. The number of carbonyl (C=O) groups is 1. The van der Waals surface area contributed by atoms with Crippen molar-refractivity contribution in [3.05, 3.63) is 29.8 Å². The maximum Gasteiger partial charge on any atom is 0.323 e. The highest BCUT2D eigenvalue weighted by atomic mass is 16.5. The predicted octanol–water partition coefficient (Wildman–Crippen LogP) is 1.49. The molecule has 0 saturated carbocycles. The lowest BCUT2D eigenvalue weighted by Crippen LogP contribution is -2.39. The SMILES string of the molecule is CCNC(CCOc1ccc(CO)cc1)C(=O)OCC. The van der Waals surface area contributed by atoms with Crippen molar-refractivity contribution in [3.8, 4) is 5.75 Å². The van der Waals surface area contributed by atoms with Crippen molar-refractivity contribution in [2.75, 3.05) is 19.8 Å². The van der Waals surface area contributed by atoms with E-state index in [0.717, 1.165) is 11.3 Å². The van der Waals surface area contributed by atoms with Gasteiger partial charge in [0.05, 0.1) is 19.8 Å². The van der Waals surface area contributed by atoms with Crippen molar-refractivity contribution < 1.29 is 19.4 Å². The van der Waals surface area contributed by atoms with Crippen molar-refractivity contribution >= 4 is 5.97 Å². The number of aliphatic hydroxyl groups excluding tert-OH is 1. The van der Waals surface area contributed by atoms with E-state index in [-0.39, 0.29) is 18.6 Å². The lowest BCUT2D eigenvalue weighted by Gasteiger charge is -2.16. The number of esters is 1. The number of carbonyl (C=O) groups excluding carboxylic acids is 1. The summed E-state index contributed by atoms with van der Waals surface area (Å²) in [6, 6.07) is 6.89. The predicted molar refractivity (Wildman–Crippen MR) is 76.6 cm³/mol. The third-order valence-electron chi connectivity index (χ3n) is 2.80. The fraction of sp³-hybridized carbons (Fsp3) is 0.533. The summed E-state index contributed by atoms with van der Waals surface area (Å²) in [6.45, 7) is 5.26. The van der Waals surface area contributed by atoms with Gasteiger partial charge in [-0.25, -0.2) is 0 Å². The molecular weight excluding hydrogens is 258 g/mol. The first-order valence-electron chi connectivity index (χ1n) is 6.93. The molecule has 0 spiro atoms. The summed E-state index contributed by atoms with van der Waals surface area (Å²) in [5.74, 6) is 0.481. The number of benzene rings is 1. The Bertz CT molecular complexity index is 391. The van der Waals surface area contributed by atoms with Crippen molar-refractivity contribution in [1.82, 2.24) is 5.32 Å². The molecule has 0 amide bonds. The molecule has 0 bridgehead atoms. The minimum Gasteiger partial charge on any atom is -0.494 e. The van der Waals surface area contributed by atoms with Crippen LogP contribution >= 0.6 is 0 Å². The molecule has 1 aromatic rings. The molecule has 0 aliphatic heterocycles. The Labute approximate surface area is 119 Å². The number of rotatable bonds is 9. The molecule has 1 unspecified atom stereocenters. The quantitative estimate of drug-likeness (QED) is 0.671. The highest BCUT2D eigenvalue weighted by Gasteiger charge is 2.18. The maximum atomic E-state index is 11.7. The van der Waals surface area contributed by atoms with Gasteiger partial charge in [0, 0.05) is 6.42 Å². The Morgan fingerprint density at radius 3 is 2.55 bits per heavy atom. The zero-order chi connectivity index (χ0) is 14.8. The normalized spacial score (nSPS) is 11.9. The summed E-state index contributed by atoms with van der Waals surface area (Å²) in [6.07, 6.45) is 0.550. The van der Waals surface area contributed by atoms with E-state index in [9.17, 15) is 4.79 Å². The first kappa shape index (κ1) is 16.5. The van der Waals surface area contributed by atoms with Crippen molar-refractivity contribution in [2.24, 2.45) is 0 Å². The van der Waals surface area contributed by atoms with E-state index in [1.165, 1.54) is 0 Å². The molecule has 0 saturated heterocycles. The Balaban J connectivity index is 2.40. The van der Waals surface area contributed by atoms with Crippen LogP contribution in [0.2, 0.25) is 0 Å². The summed E-state index contributed by atoms with van der Waals surface area (Å²) in [7, 11) is 0. The van der Waals surface area contributed by atoms with E-state index >= 15 is 0 Å². The van der Waals surface area contributed by atoms with Gasteiger partial charge in [0.25, 0.3) is 0 Å². The molecule has 1 aromatic carbocycles. The van der Waals surface area contributed by atoms with Crippen LogP contribution in [0.4, 0.5) is 0 Å². The number of hydrogen-bond acceptors (Lipinski definition) is 5. The van der Waals surface area contributed by atoms with E-state index in [1.807, 2.05) is 19.1 Å². The molecule has 1 atom stereocenters. The fourth-order valence-corrected chi connectivity index (χ4v) is 1.78. The van der Waals surface area contributed by atoms with Gasteiger partial charge in [-0.2, -0.15) is 0 Å². The van der Waals surface area contributed by atoms with Gasteiger partial charge in [0.1, 0.15) is 11.8 Å².